The number of halogens is 1. The maximum absolute atomic E-state index is 11.5. The van der Waals surface area contributed by atoms with E-state index in [0.717, 1.165) is 32.6 Å². The first-order chi connectivity index (χ1) is 6.63. The molecule has 1 aliphatic rings. The zero-order chi connectivity index (χ0) is 10.6. The van der Waals surface area contributed by atoms with Gasteiger partial charge in [0.2, 0.25) is 5.91 Å². The number of piperazine rings is 1. The van der Waals surface area contributed by atoms with Gasteiger partial charge < -0.3 is 4.90 Å². The lowest BCUT2D eigenvalue weighted by molar-refractivity contribution is -0.126. The highest BCUT2D eigenvalue weighted by molar-refractivity contribution is 9.10. The molecule has 82 valence electrons. The molecule has 0 saturated carbocycles. The van der Waals surface area contributed by atoms with E-state index >= 15 is 0 Å². The van der Waals surface area contributed by atoms with Gasteiger partial charge in [0.15, 0.2) is 0 Å². The van der Waals surface area contributed by atoms with Crippen LogP contribution in [0.3, 0.4) is 0 Å². The van der Waals surface area contributed by atoms with E-state index in [1.807, 2.05) is 11.9 Å². The van der Waals surface area contributed by atoms with Crippen LogP contribution in [0.5, 0.6) is 0 Å². The summed E-state index contributed by atoms with van der Waals surface area (Å²) in [5.74, 6) is 0.0667. The molecule has 1 aliphatic heterocycles. The number of carbonyl (C=O) groups is 1. The Morgan fingerprint density at radius 1 is 1.43 bits per heavy atom. The summed E-state index contributed by atoms with van der Waals surface area (Å²) in [5, 5.41) is 1.99. The SMILES string of the molecule is CCC(Br)C(=O)NN1CCN(C)CC1. The van der Waals surface area contributed by atoms with Crippen LogP contribution in [0, 0.1) is 0 Å². The van der Waals surface area contributed by atoms with Gasteiger partial charge in [-0.25, -0.2) is 5.01 Å². The molecule has 0 bridgehead atoms. The first-order valence-corrected chi connectivity index (χ1v) is 5.93. The molecule has 1 atom stereocenters. The smallest absolute Gasteiger partial charge is 0.248 e. The minimum Gasteiger partial charge on any atom is -0.304 e. The van der Waals surface area contributed by atoms with Crippen molar-refractivity contribution >= 4 is 21.8 Å². The number of hydrazine groups is 1. The number of amides is 1. The lowest BCUT2D eigenvalue weighted by Gasteiger charge is -2.32. The van der Waals surface area contributed by atoms with Gasteiger partial charge in [-0.05, 0) is 13.5 Å². The monoisotopic (exact) mass is 263 g/mol. The Bertz CT molecular complexity index is 192. The predicted molar refractivity (Wildman–Crippen MR) is 60.2 cm³/mol. The van der Waals surface area contributed by atoms with Gasteiger partial charge in [0.25, 0.3) is 0 Å². The Kier molecular flexibility index (Phi) is 4.84. The molecule has 1 amide bonds. The van der Waals surface area contributed by atoms with Crippen molar-refractivity contribution in [1.82, 2.24) is 15.3 Å². The third-order valence-electron chi connectivity index (χ3n) is 2.41. The molecule has 1 unspecified atom stereocenters. The topological polar surface area (TPSA) is 35.6 Å². The third-order valence-corrected chi connectivity index (χ3v) is 3.48. The summed E-state index contributed by atoms with van der Waals surface area (Å²) in [7, 11) is 2.10. The molecule has 0 aliphatic carbocycles. The van der Waals surface area contributed by atoms with Crippen molar-refractivity contribution in [3.05, 3.63) is 0 Å². The highest BCUT2D eigenvalue weighted by atomic mass is 79.9. The van der Waals surface area contributed by atoms with E-state index in [9.17, 15) is 4.79 Å². The molecule has 5 heteroatoms. The van der Waals surface area contributed by atoms with E-state index in [4.69, 9.17) is 0 Å². The van der Waals surface area contributed by atoms with Crippen LogP contribution in [0.15, 0.2) is 0 Å². The fraction of sp³-hybridized carbons (Fsp3) is 0.889. The Morgan fingerprint density at radius 2 is 2.00 bits per heavy atom. The van der Waals surface area contributed by atoms with Crippen LogP contribution < -0.4 is 5.43 Å². The number of likely N-dealkylation sites (N-methyl/N-ethyl adjacent to an activating group) is 1. The fourth-order valence-electron chi connectivity index (χ4n) is 1.33. The van der Waals surface area contributed by atoms with Gasteiger partial charge in [0, 0.05) is 26.2 Å². The Balaban J connectivity index is 2.27. The van der Waals surface area contributed by atoms with Crippen LogP contribution >= 0.6 is 15.9 Å². The first kappa shape index (κ1) is 11.9. The second kappa shape index (κ2) is 5.68. The first-order valence-electron chi connectivity index (χ1n) is 5.01. The Morgan fingerprint density at radius 3 is 2.50 bits per heavy atom. The van der Waals surface area contributed by atoms with Crippen molar-refractivity contribution in [2.45, 2.75) is 18.2 Å². The molecule has 0 spiro atoms. The van der Waals surface area contributed by atoms with E-state index in [1.165, 1.54) is 0 Å². The van der Waals surface area contributed by atoms with Crippen molar-refractivity contribution in [3.8, 4) is 0 Å². The van der Waals surface area contributed by atoms with Gasteiger partial charge in [-0.1, -0.05) is 22.9 Å². The van der Waals surface area contributed by atoms with Crippen molar-refractivity contribution in [2.24, 2.45) is 0 Å². The lowest BCUT2D eigenvalue weighted by atomic mass is 10.3. The average molecular weight is 264 g/mol. The van der Waals surface area contributed by atoms with E-state index < -0.39 is 0 Å². The van der Waals surface area contributed by atoms with Crippen molar-refractivity contribution in [3.63, 3.8) is 0 Å². The van der Waals surface area contributed by atoms with Gasteiger partial charge in [-0.2, -0.15) is 0 Å². The molecule has 14 heavy (non-hydrogen) atoms. The maximum Gasteiger partial charge on any atom is 0.248 e. The second-order valence-corrected chi connectivity index (χ2v) is 4.75. The van der Waals surface area contributed by atoms with Crippen LogP contribution in [0.2, 0.25) is 0 Å². The van der Waals surface area contributed by atoms with Gasteiger partial charge in [-0.3, -0.25) is 10.2 Å². The summed E-state index contributed by atoms with van der Waals surface area (Å²) < 4.78 is 0. The highest BCUT2D eigenvalue weighted by Crippen LogP contribution is 2.05. The van der Waals surface area contributed by atoms with E-state index in [1.54, 1.807) is 0 Å². The summed E-state index contributed by atoms with van der Waals surface area (Å²) in [6.07, 6.45) is 0.819. The van der Waals surface area contributed by atoms with Crippen molar-refractivity contribution in [1.29, 1.82) is 0 Å². The Hall–Kier alpha value is -0.130. The zero-order valence-corrected chi connectivity index (χ0v) is 10.4. The number of hydrogen-bond acceptors (Lipinski definition) is 3. The number of nitrogens with one attached hydrogen (secondary N) is 1. The molecule has 0 aromatic carbocycles. The van der Waals surface area contributed by atoms with Gasteiger partial charge >= 0.3 is 0 Å². The number of alkyl halides is 1. The number of nitrogens with zero attached hydrogens (tertiary/aromatic N) is 2. The average Bonchev–Trinajstić information content (AvgIpc) is 2.20. The number of carbonyl (C=O) groups excluding carboxylic acids is 1. The molecule has 0 radical (unpaired) electrons. The van der Waals surface area contributed by atoms with E-state index in [-0.39, 0.29) is 10.7 Å². The van der Waals surface area contributed by atoms with Crippen molar-refractivity contribution in [2.75, 3.05) is 33.2 Å². The second-order valence-electron chi connectivity index (χ2n) is 3.64. The van der Waals surface area contributed by atoms with Gasteiger partial charge in [-0.15, -0.1) is 0 Å². The van der Waals surface area contributed by atoms with Crippen LogP contribution in [0.25, 0.3) is 0 Å². The summed E-state index contributed by atoms with van der Waals surface area (Å²) in [6, 6.07) is 0. The largest absolute Gasteiger partial charge is 0.304 e. The number of rotatable bonds is 3. The maximum atomic E-state index is 11.5. The normalized spacial score (nSPS) is 21.9. The fourth-order valence-corrected chi connectivity index (χ4v) is 1.43. The molecule has 1 saturated heterocycles. The lowest BCUT2D eigenvalue weighted by Crippen LogP contribution is -2.53. The standard InChI is InChI=1S/C9H18BrN3O/c1-3-8(10)9(14)11-13-6-4-12(2)5-7-13/h8H,3-7H2,1-2H3,(H,11,14). The highest BCUT2D eigenvalue weighted by Gasteiger charge is 2.18. The molecule has 1 heterocycles. The van der Waals surface area contributed by atoms with Gasteiger partial charge in [0.1, 0.15) is 0 Å². The summed E-state index contributed by atoms with van der Waals surface area (Å²) in [4.78, 5) is 13.7. The van der Waals surface area contributed by atoms with Crippen molar-refractivity contribution < 1.29 is 4.79 Å². The van der Waals surface area contributed by atoms with Crippen LogP contribution in [0.1, 0.15) is 13.3 Å². The molecule has 0 aromatic rings. The van der Waals surface area contributed by atoms with Crippen LogP contribution in [-0.2, 0) is 4.79 Å². The summed E-state index contributed by atoms with van der Waals surface area (Å²) in [6.45, 7) is 5.83. The summed E-state index contributed by atoms with van der Waals surface area (Å²) >= 11 is 3.33. The molecule has 1 rings (SSSR count). The quantitative estimate of drug-likeness (QED) is 0.751. The van der Waals surface area contributed by atoms with E-state index in [0.29, 0.717) is 0 Å². The molecule has 0 aromatic heterocycles. The zero-order valence-electron chi connectivity index (χ0n) is 8.79. The number of hydrogen-bond donors (Lipinski definition) is 1. The molecular formula is C9H18BrN3O. The third kappa shape index (κ3) is 3.55. The molecule has 1 fully saturated rings. The summed E-state index contributed by atoms with van der Waals surface area (Å²) in [5.41, 5.74) is 2.91. The predicted octanol–water partition coefficient (Wildman–Crippen LogP) is 0.438. The van der Waals surface area contributed by atoms with Crippen LogP contribution in [0.4, 0.5) is 0 Å². The van der Waals surface area contributed by atoms with Gasteiger partial charge in [0.05, 0.1) is 4.83 Å². The molecule has 4 nitrogen and oxygen atoms in total. The molecule has 1 N–H and O–H groups in total. The van der Waals surface area contributed by atoms with E-state index in [2.05, 4.69) is 33.3 Å². The molecular weight excluding hydrogens is 246 g/mol. The Labute approximate surface area is 93.7 Å². The van der Waals surface area contributed by atoms with Crippen LogP contribution in [-0.4, -0.2) is 53.9 Å². The minimum atomic E-state index is -0.0674. The minimum absolute atomic E-state index is 0.0667.